The molecule has 1 saturated heterocycles. The molecule has 0 spiro atoms. The second-order valence-corrected chi connectivity index (χ2v) is 12.1. The van der Waals surface area contributed by atoms with Crippen LogP contribution in [0.3, 0.4) is 0 Å². The Morgan fingerprint density at radius 2 is 1.94 bits per heavy atom. The number of fused-ring (bicyclic) bond motifs is 1. The quantitative estimate of drug-likeness (QED) is 0.338. The van der Waals surface area contributed by atoms with E-state index in [1.165, 1.54) is 62.5 Å². The molecule has 0 radical (unpaired) electrons. The lowest BCUT2D eigenvalue weighted by atomic mass is 9.60. The summed E-state index contributed by atoms with van der Waals surface area (Å²) in [6, 6.07) is 0. The second-order valence-electron chi connectivity index (χ2n) is 12.1. The largest absolute Gasteiger partial charge is 0.375 e. The fraction of sp³-hybridized carbons (Fsp3) is 0.800. The van der Waals surface area contributed by atoms with Crippen molar-refractivity contribution >= 4 is 0 Å². The third kappa shape index (κ3) is 5.79. The van der Waals surface area contributed by atoms with E-state index in [-0.39, 0.29) is 0 Å². The third-order valence-corrected chi connectivity index (χ3v) is 9.25. The molecular weight excluding hydrogens is 392 g/mol. The fourth-order valence-corrected chi connectivity index (χ4v) is 7.19. The minimum Gasteiger partial charge on any atom is -0.375 e. The van der Waals surface area contributed by atoms with Crippen LogP contribution in [0.5, 0.6) is 0 Å². The molecule has 180 valence electrons. The molecule has 4 aliphatic rings. The maximum absolute atomic E-state index is 6.12. The number of ether oxygens (including phenoxy) is 2. The summed E-state index contributed by atoms with van der Waals surface area (Å²) in [7, 11) is 0. The monoisotopic (exact) mass is 440 g/mol. The topological polar surface area (TPSA) is 21.8 Å². The summed E-state index contributed by atoms with van der Waals surface area (Å²) < 4.78 is 11.4. The van der Waals surface area contributed by atoms with Crippen molar-refractivity contribution in [2.24, 2.45) is 29.1 Å². The van der Waals surface area contributed by atoms with E-state index < -0.39 is 0 Å². The van der Waals surface area contributed by atoms with Crippen molar-refractivity contribution in [2.45, 2.75) is 111 Å². The van der Waals surface area contributed by atoms with Gasteiger partial charge in [0.1, 0.15) is 6.10 Å². The van der Waals surface area contributed by atoms with Gasteiger partial charge in [0.2, 0.25) is 0 Å². The highest BCUT2D eigenvalue weighted by Crippen LogP contribution is 2.60. The lowest BCUT2D eigenvalue weighted by molar-refractivity contribution is 0.0343. The van der Waals surface area contributed by atoms with Crippen LogP contribution in [0.2, 0.25) is 0 Å². The summed E-state index contributed by atoms with van der Waals surface area (Å²) in [6.45, 7) is 15.9. The van der Waals surface area contributed by atoms with E-state index in [4.69, 9.17) is 9.47 Å². The second kappa shape index (κ2) is 10.6. The molecule has 2 heteroatoms. The van der Waals surface area contributed by atoms with E-state index in [1.54, 1.807) is 5.57 Å². The normalized spacial score (nSPS) is 38.5. The zero-order chi connectivity index (χ0) is 22.7. The zero-order valence-corrected chi connectivity index (χ0v) is 21.3. The minimum atomic E-state index is 0.341. The standard InChI is InChI=1S/C30H48O2/c1-21(2)8-6-9-23(4)28-15-16-29-24(10-7-17-30(28,29)5)12-13-25-18-26(14-11-22(25)3)31-19-27-20-32-27/h12-13,21,23,26-29H,3,6-11,14-20H2,1-2,4-5H3/b24-12+,25-13-/t23-,26+,27?,28-,29+,30-/m1/s1. The number of hydrogen-bond acceptors (Lipinski definition) is 2. The van der Waals surface area contributed by atoms with Crippen molar-refractivity contribution < 1.29 is 9.47 Å². The van der Waals surface area contributed by atoms with Crippen LogP contribution in [0.25, 0.3) is 0 Å². The van der Waals surface area contributed by atoms with E-state index in [0.29, 0.717) is 17.6 Å². The van der Waals surface area contributed by atoms with Gasteiger partial charge in [-0.2, -0.15) is 0 Å². The van der Waals surface area contributed by atoms with E-state index in [0.717, 1.165) is 56.1 Å². The van der Waals surface area contributed by atoms with Crippen molar-refractivity contribution in [1.29, 1.82) is 0 Å². The van der Waals surface area contributed by atoms with Crippen LogP contribution in [0.1, 0.15) is 98.3 Å². The Hall–Kier alpha value is -0.860. The Bertz CT molecular complexity index is 712. The smallest absolute Gasteiger partial charge is 0.104 e. The molecule has 0 aromatic heterocycles. The van der Waals surface area contributed by atoms with Gasteiger partial charge in [-0.15, -0.1) is 0 Å². The molecule has 1 heterocycles. The van der Waals surface area contributed by atoms with Gasteiger partial charge in [-0.05, 0) is 86.0 Å². The Labute approximate surface area is 197 Å². The average Bonchev–Trinajstić information content (AvgIpc) is 3.51. The molecule has 4 fully saturated rings. The maximum Gasteiger partial charge on any atom is 0.104 e. The Kier molecular flexibility index (Phi) is 8.04. The van der Waals surface area contributed by atoms with Gasteiger partial charge in [-0.1, -0.05) is 76.8 Å². The Morgan fingerprint density at radius 3 is 2.69 bits per heavy atom. The van der Waals surface area contributed by atoms with Crippen LogP contribution >= 0.6 is 0 Å². The van der Waals surface area contributed by atoms with Crippen LogP contribution in [0, 0.1) is 29.1 Å². The molecule has 32 heavy (non-hydrogen) atoms. The number of epoxide rings is 1. The number of hydrogen-bond donors (Lipinski definition) is 0. The van der Waals surface area contributed by atoms with Gasteiger partial charge in [0.25, 0.3) is 0 Å². The van der Waals surface area contributed by atoms with E-state index >= 15 is 0 Å². The molecular formula is C30H48O2. The first kappa shape index (κ1) is 24.3. The first-order chi connectivity index (χ1) is 15.4. The van der Waals surface area contributed by atoms with Crippen molar-refractivity contribution in [1.82, 2.24) is 0 Å². The van der Waals surface area contributed by atoms with Crippen LogP contribution in [0.4, 0.5) is 0 Å². The summed E-state index contributed by atoms with van der Waals surface area (Å²) in [4.78, 5) is 0. The van der Waals surface area contributed by atoms with Gasteiger partial charge in [-0.25, -0.2) is 0 Å². The van der Waals surface area contributed by atoms with Gasteiger partial charge in [0.05, 0.1) is 19.3 Å². The molecule has 1 unspecified atom stereocenters. The van der Waals surface area contributed by atoms with E-state index in [2.05, 4.69) is 46.4 Å². The van der Waals surface area contributed by atoms with Gasteiger partial charge < -0.3 is 9.47 Å². The fourth-order valence-electron chi connectivity index (χ4n) is 7.19. The highest BCUT2D eigenvalue weighted by molar-refractivity contribution is 5.36. The summed E-state index contributed by atoms with van der Waals surface area (Å²) in [5.41, 5.74) is 4.99. The summed E-state index contributed by atoms with van der Waals surface area (Å²) >= 11 is 0. The van der Waals surface area contributed by atoms with Gasteiger partial charge in [-0.3, -0.25) is 0 Å². The Balaban J connectivity index is 1.39. The van der Waals surface area contributed by atoms with Crippen LogP contribution in [0.15, 0.2) is 35.5 Å². The summed E-state index contributed by atoms with van der Waals surface area (Å²) in [5, 5.41) is 0. The predicted octanol–water partition coefficient (Wildman–Crippen LogP) is 8.04. The molecule has 0 N–H and O–H groups in total. The molecule has 0 amide bonds. The SMILES string of the molecule is C=C1CC[C@H](OCC2CO2)C/C1=C/C=C1\CCC[C@]2(C)[C@@H]([C@H](C)CCCC(C)C)CC[C@@H]12. The minimum absolute atomic E-state index is 0.341. The van der Waals surface area contributed by atoms with E-state index in [9.17, 15) is 0 Å². The predicted molar refractivity (Wildman–Crippen MR) is 135 cm³/mol. The van der Waals surface area contributed by atoms with Crippen LogP contribution in [-0.4, -0.2) is 25.4 Å². The van der Waals surface area contributed by atoms with Crippen LogP contribution < -0.4 is 0 Å². The average molecular weight is 441 g/mol. The van der Waals surface area contributed by atoms with Crippen molar-refractivity contribution in [3.63, 3.8) is 0 Å². The zero-order valence-electron chi connectivity index (χ0n) is 21.3. The molecule has 0 bridgehead atoms. The molecule has 0 aromatic rings. The third-order valence-electron chi connectivity index (χ3n) is 9.25. The molecule has 4 rings (SSSR count). The van der Waals surface area contributed by atoms with Gasteiger partial charge in [0.15, 0.2) is 0 Å². The van der Waals surface area contributed by atoms with Gasteiger partial charge >= 0.3 is 0 Å². The van der Waals surface area contributed by atoms with Crippen LogP contribution in [-0.2, 0) is 9.47 Å². The number of rotatable bonds is 9. The molecule has 2 nitrogen and oxygen atoms in total. The lowest BCUT2D eigenvalue weighted by Crippen LogP contribution is -2.36. The highest BCUT2D eigenvalue weighted by Gasteiger charge is 2.50. The molecule has 0 aromatic carbocycles. The van der Waals surface area contributed by atoms with Crippen molar-refractivity contribution in [3.05, 3.63) is 35.5 Å². The lowest BCUT2D eigenvalue weighted by Gasteiger charge is -2.44. The van der Waals surface area contributed by atoms with E-state index in [1.807, 2.05) is 0 Å². The Morgan fingerprint density at radius 1 is 1.12 bits per heavy atom. The summed E-state index contributed by atoms with van der Waals surface area (Å²) in [5.74, 6) is 3.41. The highest BCUT2D eigenvalue weighted by atomic mass is 16.6. The van der Waals surface area contributed by atoms with Gasteiger partial charge in [0, 0.05) is 0 Å². The molecule has 3 aliphatic carbocycles. The maximum atomic E-state index is 6.12. The molecule has 1 aliphatic heterocycles. The summed E-state index contributed by atoms with van der Waals surface area (Å²) in [6.07, 6.45) is 20.0. The van der Waals surface area contributed by atoms with Crippen molar-refractivity contribution in [2.75, 3.05) is 13.2 Å². The molecule has 3 saturated carbocycles. The number of allylic oxidation sites excluding steroid dienone is 4. The van der Waals surface area contributed by atoms with Crippen molar-refractivity contribution in [3.8, 4) is 0 Å². The first-order valence-corrected chi connectivity index (χ1v) is 13.7. The molecule has 6 atom stereocenters. The first-order valence-electron chi connectivity index (χ1n) is 13.7.